The predicted octanol–water partition coefficient (Wildman–Crippen LogP) is 0.725. The van der Waals surface area contributed by atoms with Crippen molar-refractivity contribution in [3.63, 3.8) is 0 Å². The molecule has 0 aromatic heterocycles. The molecule has 1 aromatic carbocycles. The van der Waals surface area contributed by atoms with Gasteiger partial charge >= 0.3 is 0 Å². The van der Waals surface area contributed by atoms with Gasteiger partial charge in [0.1, 0.15) is 5.75 Å². The van der Waals surface area contributed by atoms with Gasteiger partial charge in [-0.1, -0.05) is 30.4 Å². The maximum Gasteiger partial charge on any atom is 0.122 e. The number of hydrogen-bond donors (Lipinski definition) is 3. The first-order chi connectivity index (χ1) is 6.24. The smallest absolute Gasteiger partial charge is 0.122 e. The Morgan fingerprint density at radius 1 is 1.38 bits per heavy atom. The second kappa shape index (κ2) is 4.64. The second-order valence-corrected chi connectivity index (χ2v) is 2.76. The Morgan fingerprint density at radius 2 is 2.08 bits per heavy atom. The lowest BCUT2D eigenvalue weighted by Crippen LogP contribution is -2.20. The monoisotopic (exact) mass is 179 g/mol. The van der Waals surface area contributed by atoms with Gasteiger partial charge in [-0.2, -0.15) is 0 Å². The van der Waals surface area contributed by atoms with Crippen LogP contribution >= 0.6 is 0 Å². The van der Waals surface area contributed by atoms with E-state index in [0.717, 1.165) is 0 Å². The molecule has 0 saturated heterocycles. The third kappa shape index (κ3) is 2.89. The standard InChI is InChI=1S/C10H13NO2/c11-9(7-12)6-5-8-3-1-2-4-10(8)13/h1-6,9,12-13H,7,11H2/b6-5+. The minimum atomic E-state index is -0.375. The van der Waals surface area contributed by atoms with Crippen LogP contribution in [-0.4, -0.2) is 22.9 Å². The predicted molar refractivity (Wildman–Crippen MR) is 52.2 cm³/mol. The molecule has 1 aromatic rings. The van der Waals surface area contributed by atoms with Crippen LogP contribution in [-0.2, 0) is 0 Å². The molecule has 0 amide bonds. The van der Waals surface area contributed by atoms with Gasteiger partial charge in [0.2, 0.25) is 0 Å². The highest BCUT2D eigenvalue weighted by molar-refractivity contribution is 5.56. The highest BCUT2D eigenvalue weighted by Crippen LogP contribution is 2.16. The molecule has 13 heavy (non-hydrogen) atoms. The van der Waals surface area contributed by atoms with Crippen LogP contribution in [0.5, 0.6) is 5.75 Å². The summed E-state index contributed by atoms with van der Waals surface area (Å²) in [6.45, 7) is -0.0932. The number of hydrogen-bond acceptors (Lipinski definition) is 3. The van der Waals surface area contributed by atoms with Crippen molar-refractivity contribution in [1.82, 2.24) is 0 Å². The SMILES string of the molecule is NC(/C=C/c1ccccc1O)CO. The lowest BCUT2D eigenvalue weighted by molar-refractivity contribution is 0.284. The number of para-hydroxylation sites is 1. The van der Waals surface area contributed by atoms with Crippen LogP contribution in [0.15, 0.2) is 30.3 Å². The Bertz CT molecular complexity index is 297. The summed E-state index contributed by atoms with van der Waals surface area (Å²) in [5.41, 5.74) is 6.15. The maximum atomic E-state index is 9.34. The quantitative estimate of drug-likeness (QED) is 0.640. The summed E-state index contributed by atoms with van der Waals surface area (Å²) in [4.78, 5) is 0. The van der Waals surface area contributed by atoms with Crippen LogP contribution in [0, 0.1) is 0 Å². The molecule has 0 aliphatic heterocycles. The molecule has 1 rings (SSSR count). The van der Waals surface area contributed by atoms with Crippen molar-refractivity contribution in [1.29, 1.82) is 0 Å². The third-order valence-electron chi connectivity index (χ3n) is 1.67. The average molecular weight is 179 g/mol. The zero-order chi connectivity index (χ0) is 9.68. The molecule has 0 aliphatic carbocycles. The van der Waals surface area contributed by atoms with Crippen LogP contribution < -0.4 is 5.73 Å². The topological polar surface area (TPSA) is 66.5 Å². The largest absolute Gasteiger partial charge is 0.507 e. The van der Waals surface area contributed by atoms with E-state index >= 15 is 0 Å². The normalized spacial score (nSPS) is 13.4. The van der Waals surface area contributed by atoms with E-state index in [-0.39, 0.29) is 18.4 Å². The Kier molecular flexibility index (Phi) is 3.49. The van der Waals surface area contributed by atoms with Crippen molar-refractivity contribution < 1.29 is 10.2 Å². The van der Waals surface area contributed by atoms with Crippen molar-refractivity contribution in [3.8, 4) is 5.75 Å². The summed E-state index contributed by atoms with van der Waals surface area (Å²) < 4.78 is 0. The van der Waals surface area contributed by atoms with E-state index in [1.54, 1.807) is 30.4 Å². The Hall–Kier alpha value is -1.32. The summed E-state index contributed by atoms with van der Waals surface area (Å²) >= 11 is 0. The van der Waals surface area contributed by atoms with E-state index in [1.807, 2.05) is 6.07 Å². The van der Waals surface area contributed by atoms with Gasteiger partial charge in [-0.05, 0) is 6.07 Å². The van der Waals surface area contributed by atoms with E-state index in [0.29, 0.717) is 5.56 Å². The first kappa shape index (κ1) is 9.77. The molecule has 1 atom stereocenters. The molecule has 0 aliphatic rings. The fourth-order valence-corrected chi connectivity index (χ4v) is 0.917. The molecule has 0 fully saturated rings. The van der Waals surface area contributed by atoms with Crippen molar-refractivity contribution >= 4 is 6.08 Å². The van der Waals surface area contributed by atoms with Gasteiger partial charge < -0.3 is 15.9 Å². The highest BCUT2D eigenvalue weighted by Gasteiger charge is 1.96. The molecular formula is C10H13NO2. The van der Waals surface area contributed by atoms with Crippen molar-refractivity contribution in [2.24, 2.45) is 5.73 Å². The molecule has 0 spiro atoms. The zero-order valence-electron chi connectivity index (χ0n) is 7.22. The number of phenols is 1. The van der Waals surface area contributed by atoms with Gasteiger partial charge in [-0.15, -0.1) is 0 Å². The molecule has 3 heteroatoms. The highest BCUT2D eigenvalue weighted by atomic mass is 16.3. The van der Waals surface area contributed by atoms with Gasteiger partial charge in [0.25, 0.3) is 0 Å². The third-order valence-corrected chi connectivity index (χ3v) is 1.67. The van der Waals surface area contributed by atoms with Crippen LogP contribution in [0.4, 0.5) is 0 Å². The minimum Gasteiger partial charge on any atom is -0.507 e. The maximum absolute atomic E-state index is 9.34. The molecule has 0 radical (unpaired) electrons. The van der Waals surface area contributed by atoms with Crippen LogP contribution in [0.25, 0.3) is 6.08 Å². The average Bonchev–Trinajstić information content (AvgIpc) is 2.16. The van der Waals surface area contributed by atoms with E-state index in [2.05, 4.69) is 0 Å². The zero-order valence-corrected chi connectivity index (χ0v) is 7.22. The molecule has 0 heterocycles. The summed E-state index contributed by atoms with van der Waals surface area (Å²) in [6, 6.07) is 6.57. The summed E-state index contributed by atoms with van der Waals surface area (Å²) in [6.07, 6.45) is 3.34. The summed E-state index contributed by atoms with van der Waals surface area (Å²) in [5.74, 6) is 0.212. The molecular weight excluding hydrogens is 166 g/mol. The summed E-state index contributed by atoms with van der Waals surface area (Å²) in [5, 5.41) is 18.0. The lowest BCUT2D eigenvalue weighted by atomic mass is 10.1. The van der Waals surface area contributed by atoms with Crippen LogP contribution in [0.2, 0.25) is 0 Å². The van der Waals surface area contributed by atoms with E-state index < -0.39 is 0 Å². The fourth-order valence-electron chi connectivity index (χ4n) is 0.917. The van der Waals surface area contributed by atoms with Crippen molar-refractivity contribution in [3.05, 3.63) is 35.9 Å². The molecule has 1 unspecified atom stereocenters. The molecule has 0 saturated carbocycles. The number of phenolic OH excluding ortho intramolecular Hbond substituents is 1. The second-order valence-electron chi connectivity index (χ2n) is 2.76. The lowest BCUT2D eigenvalue weighted by Gasteiger charge is -2.00. The van der Waals surface area contributed by atoms with Crippen LogP contribution in [0.3, 0.4) is 0 Å². The number of rotatable bonds is 3. The van der Waals surface area contributed by atoms with Crippen molar-refractivity contribution in [2.45, 2.75) is 6.04 Å². The molecule has 0 bridgehead atoms. The Labute approximate surface area is 77.1 Å². The van der Waals surface area contributed by atoms with Gasteiger partial charge in [0.05, 0.1) is 6.61 Å². The van der Waals surface area contributed by atoms with Gasteiger partial charge in [0.15, 0.2) is 0 Å². The molecule has 4 N–H and O–H groups in total. The fraction of sp³-hybridized carbons (Fsp3) is 0.200. The van der Waals surface area contributed by atoms with Crippen LogP contribution in [0.1, 0.15) is 5.56 Å². The number of nitrogens with two attached hydrogens (primary N) is 1. The van der Waals surface area contributed by atoms with E-state index in [9.17, 15) is 5.11 Å². The number of aliphatic hydroxyl groups excluding tert-OH is 1. The Morgan fingerprint density at radius 3 is 2.69 bits per heavy atom. The van der Waals surface area contributed by atoms with Gasteiger partial charge in [-0.3, -0.25) is 0 Å². The first-order valence-corrected chi connectivity index (χ1v) is 4.06. The molecule has 3 nitrogen and oxygen atoms in total. The number of aromatic hydroxyl groups is 1. The Balaban J connectivity index is 2.74. The van der Waals surface area contributed by atoms with Gasteiger partial charge in [0, 0.05) is 11.6 Å². The first-order valence-electron chi connectivity index (χ1n) is 4.06. The molecule has 70 valence electrons. The summed E-state index contributed by atoms with van der Waals surface area (Å²) in [7, 11) is 0. The van der Waals surface area contributed by atoms with Gasteiger partial charge in [-0.25, -0.2) is 0 Å². The van der Waals surface area contributed by atoms with E-state index in [4.69, 9.17) is 10.8 Å². The number of benzene rings is 1. The van der Waals surface area contributed by atoms with E-state index in [1.165, 1.54) is 0 Å². The number of aliphatic hydroxyl groups is 1. The van der Waals surface area contributed by atoms with Crippen molar-refractivity contribution in [2.75, 3.05) is 6.61 Å². The minimum absolute atomic E-state index is 0.0932.